The molecule has 0 amide bonds. The molecule has 0 bridgehead atoms. The monoisotopic (exact) mass is 83.0 g/mol. The molecule has 0 aromatic heterocycles. The van der Waals surface area contributed by atoms with E-state index in [9.17, 15) is 4.53 Å². The van der Waals surface area contributed by atoms with Gasteiger partial charge in [0, 0.05) is 4.53 Å². The van der Waals surface area contributed by atoms with E-state index < -0.39 is 8.69 Å². The molecule has 0 aromatic rings. The number of hydrogen-bond donors (Lipinski definition) is 0. The Morgan fingerprint density at radius 1 is 2.00 bits per heavy atom. The summed E-state index contributed by atoms with van der Waals surface area (Å²) in [5.41, 5.74) is 0. The van der Waals surface area contributed by atoms with Crippen LogP contribution in [0.4, 0.5) is 4.53 Å². The molecule has 4 heavy (non-hydrogen) atoms. The quantitative estimate of drug-likeness (QED) is 0.439. The number of rotatable bonds is 1. The molecule has 0 saturated carbocycles. The Balaban J connectivity index is 2.30. The Labute approximate surface area is 23.8 Å². The van der Waals surface area contributed by atoms with Crippen molar-refractivity contribution < 1.29 is 13.8 Å². The average molecular weight is 83.0 g/mol. The highest BCUT2D eigenvalue weighted by Crippen LogP contribution is 1.89. The van der Waals surface area contributed by atoms with Crippen LogP contribution in [0.15, 0.2) is 0 Å². The third-order valence-electron chi connectivity index (χ3n) is 0.0315. The van der Waals surface area contributed by atoms with E-state index in [4.69, 9.17) is 4.57 Å². The zero-order chi connectivity index (χ0) is 3.41. The van der Waals surface area contributed by atoms with Gasteiger partial charge in [-0.3, -0.25) is 0 Å². The van der Waals surface area contributed by atoms with Crippen LogP contribution < -0.4 is 0 Å². The smallest absolute Gasteiger partial charge is 0.0339 e. The van der Waals surface area contributed by atoms with E-state index in [1.54, 1.807) is 0 Å². The molecule has 0 aromatic carbocycles. The van der Waals surface area contributed by atoms with Crippen LogP contribution in [0, 0.1) is 0 Å². The Bertz CT molecular complexity index is 20.0. The van der Waals surface area contributed by atoms with Gasteiger partial charge in [-0.2, -0.15) is 0 Å². The van der Waals surface area contributed by atoms with Crippen molar-refractivity contribution in [3.05, 3.63) is 0 Å². The molecule has 2 nitrogen and oxygen atoms in total. The standard InChI is InChI=1S/FHO2P/c1-3-4-2/h4H/q+1. The molecule has 0 N–H and O–H groups in total. The summed E-state index contributed by atoms with van der Waals surface area (Å²) < 4.78 is 21.2. The van der Waals surface area contributed by atoms with Crippen LogP contribution in [0.5, 0.6) is 0 Å². The number of hydrogen-bond acceptors (Lipinski definition) is 2. The maximum atomic E-state index is 9.92. The lowest BCUT2D eigenvalue weighted by molar-refractivity contribution is 0.0113. The summed E-state index contributed by atoms with van der Waals surface area (Å²) in [7, 11) is -1.28. The second-order valence-electron chi connectivity index (χ2n) is 0.160. The van der Waals surface area contributed by atoms with Crippen molar-refractivity contribution in [1.82, 2.24) is 0 Å². The molecule has 0 aliphatic heterocycles. The summed E-state index contributed by atoms with van der Waals surface area (Å²) in [5, 5.41) is 0. The van der Waals surface area contributed by atoms with Crippen molar-refractivity contribution in [3.8, 4) is 0 Å². The van der Waals surface area contributed by atoms with E-state index in [-0.39, 0.29) is 0 Å². The van der Waals surface area contributed by atoms with E-state index in [1.807, 2.05) is 0 Å². The van der Waals surface area contributed by atoms with E-state index >= 15 is 0 Å². The molecule has 0 fully saturated rings. The lowest BCUT2D eigenvalue weighted by Crippen LogP contribution is -1.26. The molecule has 4 heteroatoms. The van der Waals surface area contributed by atoms with Crippen molar-refractivity contribution in [2.75, 3.05) is 0 Å². The predicted octanol–water partition coefficient (Wildman–Crippen LogP) is 0.826. The van der Waals surface area contributed by atoms with E-state index in [2.05, 4.69) is 4.73 Å². The van der Waals surface area contributed by atoms with Gasteiger partial charge in [-0.25, -0.2) is 0 Å². The fourth-order valence-corrected chi connectivity index (χ4v) is 0. The van der Waals surface area contributed by atoms with Gasteiger partial charge in [0.05, 0.1) is 4.73 Å². The van der Waals surface area contributed by atoms with Crippen molar-refractivity contribution in [1.29, 1.82) is 0 Å². The number of halogens is 1. The Hall–Kier alpha value is -0.0100. The second-order valence-corrected chi connectivity index (χ2v) is 0.481. The summed E-state index contributed by atoms with van der Waals surface area (Å²) in [6.07, 6.45) is 0. The normalized spacial score (nSPS) is 8.25. The second kappa shape index (κ2) is 2.99. The van der Waals surface area contributed by atoms with Crippen molar-refractivity contribution in [2.45, 2.75) is 0 Å². The highest BCUT2D eigenvalue weighted by Gasteiger charge is 1.73. The Morgan fingerprint density at radius 3 is 2.25 bits per heavy atom. The lowest BCUT2D eigenvalue weighted by Gasteiger charge is -1.34. The first-order valence-electron chi connectivity index (χ1n) is 0.563. The molecule has 1 atom stereocenters. The molecule has 0 aliphatic rings. The fourth-order valence-electron chi connectivity index (χ4n) is 0. The highest BCUT2D eigenvalue weighted by atomic mass is 31.1. The third-order valence-corrected chi connectivity index (χ3v) is 0.0945. The molecular weight excluding hydrogens is 82.0 g/mol. The molecule has 24 valence electrons. The predicted molar refractivity (Wildman–Crippen MR) is 11.2 cm³/mol. The fraction of sp³-hybridized carbons (Fsp3) is 0. The van der Waals surface area contributed by atoms with Crippen LogP contribution in [0.2, 0.25) is 0 Å². The van der Waals surface area contributed by atoms with Gasteiger partial charge >= 0.3 is 8.69 Å². The molecule has 0 radical (unpaired) electrons. The van der Waals surface area contributed by atoms with Gasteiger partial charge in [-0.15, -0.1) is 0 Å². The van der Waals surface area contributed by atoms with Crippen LogP contribution in [-0.4, -0.2) is 0 Å². The Kier molecular flexibility index (Phi) is 2.98. The topological polar surface area (TPSA) is 26.3 Å². The van der Waals surface area contributed by atoms with Gasteiger partial charge in [0.2, 0.25) is 0 Å². The summed E-state index contributed by atoms with van der Waals surface area (Å²) in [4.78, 5) is 0. The molecule has 0 aliphatic carbocycles. The van der Waals surface area contributed by atoms with Crippen LogP contribution in [0.1, 0.15) is 0 Å². The maximum absolute atomic E-state index is 9.92. The van der Waals surface area contributed by atoms with E-state index in [1.165, 1.54) is 0 Å². The van der Waals surface area contributed by atoms with Crippen molar-refractivity contribution >= 4 is 8.69 Å². The van der Waals surface area contributed by atoms with E-state index in [0.717, 1.165) is 0 Å². The highest BCUT2D eigenvalue weighted by molar-refractivity contribution is 7.17. The van der Waals surface area contributed by atoms with Crippen molar-refractivity contribution in [2.24, 2.45) is 0 Å². The first-order valence-corrected chi connectivity index (χ1v) is 1.38. The first-order chi connectivity index (χ1) is 1.91. The van der Waals surface area contributed by atoms with Crippen LogP contribution >= 0.6 is 8.69 Å². The molecule has 1 unspecified atom stereocenters. The zero-order valence-electron chi connectivity index (χ0n) is 1.69. The SMILES string of the molecule is O=[PH+]OF. The zero-order valence-corrected chi connectivity index (χ0v) is 2.69. The molecule has 0 heterocycles. The molecular formula is HFO2P+. The Morgan fingerprint density at radius 2 is 2.25 bits per heavy atom. The first kappa shape index (κ1) is 3.99. The summed E-state index contributed by atoms with van der Waals surface area (Å²) in [6.45, 7) is 0. The lowest BCUT2D eigenvalue weighted by atomic mass is 15.6. The van der Waals surface area contributed by atoms with Gasteiger partial charge in [-0.05, 0) is 4.57 Å². The summed E-state index contributed by atoms with van der Waals surface area (Å²) in [6, 6.07) is 0. The van der Waals surface area contributed by atoms with Crippen molar-refractivity contribution in [3.63, 3.8) is 0 Å². The minimum absolute atomic E-state index is 1.28. The third kappa shape index (κ3) is 1.99. The van der Waals surface area contributed by atoms with Crippen LogP contribution in [0.3, 0.4) is 0 Å². The van der Waals surface area contributed by atoms with Gasteiger partial charge in [0.15, 0.2) is 0 Å². The minimum atomic E-state index is -1.28. The van der Waals surface area contributed by atoms with E-state index in [0.29, 0.717) is 0 Å². The average Bonchev–Trinajstić information content (AvgIpc) is 1.37. The summed E-state index contributed by atoms with van der Waals surface area (Å²) in [5.74, 6) is 0. The molecule has 0 rings (SSSR count). The van der Waals surface area contributed by atoms with Crippen LogP contribution in [-0.2, 0) is 9.29 Å². The van der Waals surface area contributed by atoms with Gasteiger partial charge < -0.3 is 0 Å². The molecule has 0 saturated heterocycles. The maximum Gasteiger partial charge on any atom is 0.532 e. The van der Waals surface area contributed by atoms with Gasteiger partial charge in [-0.1, -0.05) is 0 Å². The summed E-state index contributed by atoms with van der Waals surface area (Å²) >= 11 is 0. The van der Waals surface area contributed by atoms with Gasteiger partial charge in [0.25, 0.3) is 0 Å². The van der Waals surface area contributed by atoms with Gasteiger partial charge in [0.1, 0.15) is 0 Å². The molecule has 0 spiro atoms. The minimum Gasteiger partial charge on any atom is -0.0339 e. The van der Waals surface area contributed by atoms with Crippen LogP contribution in [0.25, 0.3) is 0 Å². The largest absolute Gasteiger partial charge is 0.532 e.